The summed E-state index contributed by atoms with van der Waals surface area (Å²) in [5, 5.41) is 2.49. The van der Waals surface area contributed by atoms with Crippen LogP contribution in [0, 0.1) is 0 Å². The Bertz CT molecular complexity index is 1030. The lowest BCUT2D eigenvalue weighted by molar-refractivity contribution is -0.136. The van der Waals surface area contributed by atoms with Crippen molar-refractivity contribution in [3.63, 3.8) is 0 Å². The summed E-state index contributed by atoms with van der Waals surface area (Å²) in [5.41, 5.74) is 1.85. The number of hydrogen-bond acceptors (Lipinski definition) is 3. The maximum Gasteiger partial charge on any atom is 0.241 e. The van der Waals surface area contributed by atoms with Crippen molar-refractivity contribution < 1.29 is 14.4 Å². The fraction of sp³-hybridized carbons (Fsp3) is 0.125. The van der Waals surface area contributed by atoms with Crippen LogP contribution in [0.25, 0.3) is 0 Å². The van der Waals surface area contributed by atoms with E-state index in [1.165, 1.54) is 0 Å². The van der Waals surface area contributed by atoms with E-state index in [9.17, 15) is 14.4 Å². The SMILES string of the molecule is O=C1CC[C@@](c2ccccc2)(c2ccc(C(=O)c3ccccc3)cc2)C(=O)N1. The largest absolute Gasteiger partial charge is 0.295 e. The topological polar surface area (TPSA) is 63.2 Å². The van der Waals surface area contributed by atoms with E-state index in [2.05, 4.69) is 5.32 Å². The molecule has 0 saturated carbocycles. The highest BCUT2D eigenvalue weighted by Crippen LogP contribution is 2.39. The normalized spacial score (nSPS) is 19.1. The molecule has 0 spiro atoms. The van der Waals surface area contributed by atoms with Gasteiger partial charge in [0.15, 0.2) is 5.78 Å². The number of carbonyl (C=O) groups excluding carboxylic acids is 3. The van der Waals surface area contributed by atoms with Crippen molar-refractivity contribution >= 4 is 17.6 Å². The lowest BCUT2D eigenvalue weighted by Gasteiger charge is -2.36. The highest BCUT2D eigenvalue weighted by molar-refractivity contribution is 6.09. The molecule has 28 heavy (non-hydrogen) atoms. The van der Waals surface area contributed by atoms with Crippen LogP contribution in [0.15, 0.2) is 84.9 Å². The highest BCUT2D eigenvalue weighted by atomic mass is 16.2. The third kappa shape index (κ3) is 3.03. The first-order valence-corrected chi connectivity index (χ1v) is 9.21. The summed E-state index contributed by atoms with van der Waals surface area (Å²) in [5.74, 6) is -0.645. The van der Waals surface area contributed by atoms with E-state index < -0.39 is 5.41 Å². The Morgan fingerprint density at radius 2 is 1.25 bits per heavy atom. The van der Waals surface area contributed by atoms with Gasteiger partial charge in [0.25, 0.3) is 0 Å². The second-order valence-corrected chi connectivity index (χ2v) is 6.92. The molecular weight excluding hydrogens is 350 g/mol. The second-order valence-electron chi connectivity index (χ2n) is 6.92. The van der Waals surface area contributed by atoms with Gasteiger partial charge in [-0.15, -0.1) is 0 Å². The van der Waals surface area contributed by atoms with Crippen molar-refractivity contribution in [2.24, 2.45) is 0 Å². The van der Waals surface area contributed by atoms with Gasteiger partial charge in [0, 0.05) is 17.5 Å². The summed E-state index contributed by atoms with van der Waals surface area (Å²) in [6, 6.07) is 25.7. The third-order valence-electron chi connectivity index (χ3n) is 5.31. The first kappa shape index (κ1) is 17.9. The minimum Gasteiger partial charge on any atom is -0.295 e. The lowest BCUT2D eigenvalue weighted by Crippen LogP contribution is -2.52. The summed E-state index contributed by atoms with van der Waals surface area (Å²) in [6.45, 7) is 0. The maximum atomic E-state index is 13.0. The zero-order valence-corrected chi connectivity index (χ0v) is 15.2. The molecule has 138 valence electrons. The maximum absolute atomic E-state index is 13.0. The molecule has 4 rings (SSSR count). The Morgan fingerprint density at radius 3 is 1.86 bits per heavy atom. The Hall–Kier alpha value is -3.53. The fourth-order valence-electron chi connectivity index (χ4n) is 3.81. The van der Waals surface area contributed by atoms with E-state index in [1.807, 2.05) is 60.7 Å². The van der Waals surface area contributed by atoms with Crippen LogP contribution in [-0.4, -0.2) is 17.6 Å². The number of piperidine rings is 1. The molecule has 1 atom stereocenters. The van der Waals surface area contributed by atoms with Gasteiger partial charge < -0.3 is 0 Å². The van der Waals surface area contributed by atoms with Gasteiger partial charge in [-0.1, -0.05) is 84.9 Å². The second kappa shape index (κ2) is 7.24. The van der Waals surface area contributed by atoms with Gasteiger partial charge in [-0.3, -0.25) is 19.7 Å². The van der Waals surface area contributed by atoms with E-state index in [-0.39, 0.29) is 24.0 Å². The number of hydrogen-bond donors (Lipinski definition) is 1. The number of amides is 2. The fourth-order valence-corrected chi connectivity index (χ4v) is 3.81. The van der Waals surface area contributed by atoms with Crippen LogP contribution >= 0.6 is 0 Å². The van der Waals surface area contributed by atoms with Crippen molar-refractivity contribution in [1.29, 1.82) is 0 Å². The van der Waals surface area contributed by atoms with Crippen LogP contribution in [0.1, 0.15) is 39.9 Å². The van der Waals surface area contributed by atoms with E-state index in [0.29, 0.717) is 17.5 Å². The smallest absolute Gasteiger partial charge is 0.241 e. The molecule has 3 aromatic rings. The molecule has 0 aromatic heterocycles. The number of rotatable bonds is 4. The van der Waals surface area contributed by atoms with Crippen molar-refractivity contribution in [3.8, 4) is 0 Å². The molecule has 0 unspecified atom stereocenters. The Kier molecular flexibility index (Phi) is 4.62. The molecule has 1 aliphatic rings. The van der Waals surface area contributed by atoms with E-state index in [0.717, 1.165) is 11.1 Å². The monoisotopic (exact) mass is 369 g/mol. The summed E-state index contributed by atoms with van der Waals surface area (Å²) < 4.78 is 0. The Labute approximate surface area is 163 Å². The molecule has 3 aromatic carbocycles. The quantitative estimate of drug-likeness (QED) is 0.564. The van der Waals surface area contributed by atoms with Crippen molar-refractivity contribution in [3.05, 3.63) is 107 Å². The third-order valence-corrected chi connectivity index (χ3v) is 5.31. The van der Waals surface area contributed by atoms with Crippen molar-refractivity contribution in [2.45, 2.75) is 18.3 Å². The summed E-state index contributed by atoms with van der Waals surface area (Å²) in [7, 11) is 0. The first-order valence-electron chi connectivity index (χ1n) is 9.21. The molecule has 0 bridgehead atoms. The predicted octanol–water partition coefficient (Wildman–Crippen LogP) is 3.64. The van der Waals surface area contributed by atoms with Crippen molar-refractivity contribution in [2.75, 3.05) is 0 Å². The molecule has 2 amide bonds. The molecule has 4 nitrogen and oxygen atoms in total. The zero-order valence-electron chi connectivity index (χ0n) is 15.2. The van der Waals surface area contributed by atoms with Crippen LogP contribution in [0.4, 0.5) is 0 Å². The standard InChI is InChI=1S/C24H19NO3/c26-21-15-16-24(23(28)25-21,19-9-5-2-6-10-19)20-13-11-18(12-14-20)22(27)17-7-3-1-4-8-17/h1-14H,15-16H2,(H,25,26,28)/t24-/m1/s1. The minimum atomic E-state index is -0.941. The Balaban J connectivity index is 1.75. The molecule has 1 fully saturated rings. The van der Waals surface area contributed by atoms with E-state index in [4.69, 9.17) is 0 Å². The summed E-state index contributed by atoms with van der Waals surface area (Å²) in [4.78, 5) is 37.4. The number of nitrogens with one attached hydrogen (secondary N) is 1. The molecule has 0 radical (unpaired) electrons. The molecule has 1 N–H and O–H groups in total. The number of benzene rings is 3. The van der Waals surface area contributed by atoms with Gasteiger partial charge in [0.05, 0.1) is 5.41 Å². The van der Waals surface area contributed by atoms with Gasteiger partial charge in [-0.25, -0.2) is 0 Å². The van der Waals surface area contributed by atoms with Gasteiger partial charge in [0.1, 0.15) is 0 Å². The van der Waals surface area contributed by atoms with E-state index >= 15 is 0 Å². The summed E-state index contributed by atoms with van der Waals surface area (Å²) in [6.07, 6.45) is 0.666. The molecule has 4 heteroatoms. The first-order chi connectivity index (χ1) is 13.6. The number of carbonyl (C=O) groups is 3. The van der Waals surface area contributed by atoms with Crippen LogP contribution in [-0.2, 0) is 15.0 Å². The molecule has 1 aliphatic heterocycles. The van der Waals surface area contributed by atoms with Gasteiger partial charge >= 0.3 is 0 Å². The van der Waals surface area contributed by atoms with Gasteiger partial charge in [-0.2, -0.15) is 0 Å². The average molecular weight is 369 g/mol. The van der Waals surface area contributed by atoms with Crippen LogP contribution in [0.5, 0.6) is 0 Å². The molecular formula is C24H19NO3. The van der Waals surface area contributed by atoms with Crippen LogP contribution < -0.4 is 5.32 Å². The van der Waals surface area contributed by atoms with Gasteiger partial charge in [-0.05, 0) is 17.5 Å². The van der Waals surface area contributed by atoms with Crippen LogP contribution in [0.2, 0.25) is 0 Å². The number of imide groups is 1. The predicted molar refractivity (Wildman–Crippen MR) is 106 cm³/mol. The molecule has 1 heterocycles. The molecule has 0 aliphatic carbocycles. The average Bonchev–Trinajstić information content (AvgIpc) is 2.75. The minimum absolute atomic E-state index is 0.0656. The van der Waals surface area contributed by atoms with Crippen LogP contribution in [0.3, 0.4) is 0 Å². The van der Waals surface area contributed by atoms with Crippen molar-refractivity contribution in [1.82, 2.24) is 5.32 Å². The zero-order chi connectivity index (χ0) is 19.6. The summed E-state index contributed by atoms with van der Waals surface area (Å²) >= 11 is 0. The Morgan fingerprint density at radius 1 is 0.714 bits per heavy atom. The number of ketones is 1. The van der Waals surface area contributed by atoms with Gasteiger partial charge in [0.2, 0.25) is 11.8 Å². The lowest BCUT2D eigenvalue weighted by atomic mass is 9.69. The van der Waals surface area contributed by atoms with E-state index in [1.54, 1.807) is 24.3 Å². The molecule has 1 saturated heterocycles. The highest BCUT2D eigenvalue weighted by Gasteiger charge is 2.45.